The van der Waals surface area contributed by atoms with Crippen LogP contribution in [0.15, 0.2) is 23.8 Å². The van der Waals surface area contributed by atoms with Gasteiger partial charge >= 0.3 is 5.97 Å². The van der Waals surface area contributed by atoms with Crippen molar-refractivity contribution in [2.75, 3.05) is 5.73 Å². The van der Waals surface area contributed by atoms with E-state index < -0.39 is 11.8 Å². The first-order valence-corrected chi connectivity index (χ1v) is 4.53. The number of rotatable bonds is 3. The minimum Gasteiger partial charge on any atom is -0.478 e. The van der Waals surface area contributed by atoms with E-state index in [-0.39, 0.29) is 11.1 Å². The molecule has 0 saturated carbocycles. The molecule has 80 valence electrons. The number of aliphatic carboxylic acids is 1. The highest BCUT2D eigenvalue weighted by Gasteiger charge is 2.06. The van der Waals surface area contributed by atoms with Gasteiger partial charge in [0.1, 0.15) is 5.82 Å². The molecule has 0 unspecified atom stereocenters. The first-order valence-electron chi connectivity index (χ1n) is 4.53. The largest absolute Gasteiger partial charge is 0.478 e. The Hall–Kier alpha value is -1.84. The SMILES string of the molecule is CC/C(=C\c1ccc(N)cc1F)C(=O)O. The van der Waals surface area contributed by atoms with Gasteiger partial charge in [0, 0.05) is 16.8 Å². The van der Waals surface area contributed by atoms with Gasteiger partial charge in [-0.3, -0.25) is 0 Å². The minimum atomic E-state index is -1.03. The van der Waals surface area contributed by atoms with Gasteiger partial charge in [-0.05, 0) is 30.7 Å². The number of hydrogen-bond acceptors (Lipinski definition) is 2. The Balaban J connectivity index is 3.12. The van der Waals surface area contributed by atoms with Gasteiger partial charge < -0.3 is 10.8 Å². The number of hydrogen-bond donors (Lipinski definition) is 2. The summed E-state index contributed by atoms with van der Waals surface area (Å²) in [6, 6.07) is 4.16. The molecule has 3 nitrogen and oxygen atoms in total. The molecular formula is C11H12FNO2. The van der Waals surface area contributed by atoms with Crippen LogP contribution in [0.3, 0.4) is 0 Å². The molecular weight excluding hydrogens is 197 g/mol. The third-order valence-electron chi connectivity index (χ3n) is 2.01. The Morgan fingerprint density at radius 1 is 1.60 bits per heavy atom. The first kappa shape index (κ1) is 11.2. The van der Waals surface area contributed by atoms with Crippen molar-refractivity contribution in [1.29, 1.82) is 0 Å². The van der Waals surface area contributed by atoms with Crippen LogP contribution in [-0.2, 0) is 4.79 Å². The van der Waals surface area contributed by atoms with Gasteiger partial charge in [0.05, 0.1) is 0 Å². The predicted octanol–water partition coefficient (Wildman–Crippen LogP) is 2.29. The van der Waals surface area contributed by atoms with E-state index in [9.17, 15) is 9.18 Å². The molecule has 0 fully saturated rings. The summed E-state index contributed by atoms with van der Waals surface area (Å²) in [6.45, 7) is 1.70. The molecule has 0 aromatic heterocycles. The number of benzene rings is 1. The number of carboxylic acids is 1. The number of halogens is 1. The van der Waals surface area contributed by atoms with Gasteiger partial charge in [0.2, 0.25) is 0 Å². The van der Waals surface area contributed by atoms with Crippen molar-refractivity contribution in [1.82, 2.24) is 0 Å². The zero-order valence-electron chi connectivity index (χ0n) is 8.33. The predicted molar refractivity (Wildman–Crippen MR) is 56.7 cm³/mol. The second-order valence-corrected chi connectivity index (χ2v) is 3.11. The number of carbonyl (C=O) groups is 1. The van der Waals surface area contributed by atoms with Crippen LogP contribution >= 0.6 is 0 Å². The van der Waals surface area contributed by atoms with Crippen LogP contribution in [0.2, 0.25) is 0 Å². The van der Waals surface area contributed by atoms with Crippen molar-refractivity contribution in [2.24, 2.45) is 0 Å². The molecule has 15 heavy (non-hydrogen) atoms. The molecule has 0 amide bonds. The fourth-order valence-electron chi connectivity index (χ4n) is 1.16. The van der Waals surface area contributed by atoms with Crippen LogP contribution in [0.1, 0.15) is 18.9 Å². The van der Waals surface area contributed by atoms with E-state index in [2.05, 4.69) is 0 Å². The Morgan fingerprint density at radius 2 is 2.27 bits per heavy atom. The molecule has 0 radical (unpaired) electrons. The van der Waals surface area contributed by atoms with Gasteiger partial charge in [-0.2, -0.15) is 0 Å². The van der Waals surface area contributed by atoms with Crippen molar-refractivity contribution >= 4 is 17.7 Å². The molecule has 0 atom stereocenters. The zero-order chi connectivity index (χ0) is 11.4. The fourth-order valence-corrected chi connectivity index (χ4v) is 1.16. The maximum absolute atomic E-state index is 13.3. The molecule has 1 aromatic carbocycles. The maximum atomic E-state index is 13.3. The quantitative estimate of drug-likeness (QED) is 0.593. The molecule has 0 heterocycles. The van der Waals surface area contributed by atoms with E-state index >= 15 is 0 Å². The summed E-state index contributed by atoms with van der Waals surface area (Å²) in [5.41, 5.74) is 6.10. The highest BCUT2D eigenvalue weighted by molar-refractivity contribution is 5.92. The minimum absolute atomic E-state index is 0.165. The van der Waals surface area contributed by atoms with Gasteiger partial charge in [-0.25, -0.2) is 9.18 Å². The summed E-state index contributed by atoms with van der Waals surface area (Å²) < 4.78 is 13.3. The average Bonchev–Trinajstić information content (AvgIpc) is 2.16. The lowest BCUT2D eigenvalue weighted by atomic mass is 10.1. The van der Waals surface area contributed by atoms with Gasteiger partial charge in [0.15, 0.2) is 0 Å². The number of nitrogens with two attached hydrogens (primary N) is 1. The van der Waals surface area contributed by atoms with Crippen LogP contribution in [0, 0.1) is 5.82 Å². The van der Waals surface area contributed by atoms with Crippen molar-refractivity contribution in [3.8, 4) is 0 Å². The molecule has 1 aromatic rings. The summed E-state index contributed by atoms with van der Waals surface area (Å²) in [5, 5.41) is 8.76. The van der Waals surface area contributed by atoms with E-state index in [0.717, 1.165) is 0 Å². The van der Waals surface area contributed by atoms with Crippen molar-refractivity contribution < 1.29 is 14.3 Å². The molecule has 0 spiro atoms. The number of nitrogen functional groups attached to an aromatic ring is 1. The molecule has 0 aliphatic heterocycles. The van der Waals surface area contributed by atoms with Crippen molar-refractivity contribution in [3.63, 3.8) is 0 Å². The summed E-state index contributed by atoms with van der Waals surface area (Å²) >= 11 is 0. The van der Waals surface area contributed by atoms with Gasteiger partial charge in [-0.15, -0.1) is 0 Å². The van der Waals surface area contributed by atoms with Crippen LogP contribution in [-0.4, -0.2) is 11.1 Å². The Bertz CT molecular complexity index is 413. The summed E-state index contributed by atoms with van der Waals surface area (Å²) in [5.74, 6) is -1.55. The lowest BCUT2D eigenvalue weighted by molar-refractivity contribution is -0.132. The fraction of sp³-hybridized carbons (Fsp3) is 0.182. The molecule has 4 heteroatoms. The normalized spacial score (nSPS) is 11.5. The highest BCUT2D eigenvalue weighted by atomic mass is 19.1. The summed E-state index contributed by atoms with van der Waals surface area (Å²) in [4.78, 5) is 10.7. The second-order valence-electron chi connectivity index (χ2n) is 3.11. The molecule has 0 saturated heterocycles. The Labute approximate surface area is 87.0 Å². The molecule has 0 bridgehead atoms. The zero-order valence-corrected chi connectivity index (χ0v) is 8.33. The second kappa shape index (κ2) is 4.59. The first-order chi connectivity index (χ1) is 7.04. The van der Waals surface area contributed by atoms with Crippen LogP contribution in [0.5, 0.6) is 0 Å². The third-order valence-corrected chi connectivity index (χ3v) is 2.01. The lowest BCUT2D eigenvalue weighted by Gasteiger charge is -2.01. The third kappa shape index (κ3) is 2.80. The molecule has 1 rings (SSSR count). The van der Waals surface area contributed by atoms with E-state index in [1.165, 1.54) is 24.3 Å². The molecule has 0 aliphatic carbocycles. The lowest BCUT2D eigenvalue weighted by Crippen LogP contribution is -1.99. The van der Waals surface area contributed by atoms with Crippen LogP contribution < -0.4 is 5.73 Å². The number of carboxylic acid groups (broad SMARTS) is 1. The summed E-state index contributed by atoms with van der Waals surface area (Å²) in [7, 11) is 0. The molecule has 3 N–H and O–H groups in total. The van der Waals surface area contributed by atoms with Gasteiger partial charge in [0.25, 0.3) is 0 Å². The molecule has 0 aliphatic rings. The van der Waals surface area contributed by atoms with E-state index in [0.29, 0.717) is 12.1 Å². The number of anilines is 1. The Morgan fingerprint density at radius 3 is 2.73 bits per heavy atom. The van der Waals surface area contributed by atoms with Gasteiger partial charge in [-0.1, -0.05) is 6.92 Å². The van der Waals surface area contributed by atoms with Crippen LogP contribution in [0.25, 0.3) is 6.08 Å². The van der Waals surface area contributed by atoms with Crippen molar-refractivity contribution in [3.05, 3.63) is 35.2 Å². The van der Waals surface area contributed by atoms with Crippen molar-refractivity contribution in [2.45, 2.75) is 13.3 Å². The highest BCUT2D eigenvalue weighted by Crippen LogP contribution is 2.16. The summed E-state index contributed by atoms with van der Waals surface area (Å²) in [6.07, 6.45) is 1.66. The topological polar surface area (TPSA) is 63.3 Å². The van der Waals surface area contributed by atoms with E-state index in [1.54, 1.807) is 6.92 Å². The smallest absolute Gasteiger partial charge is 0.331 e. The van der Waals surface area contributed by atoms with E-state index in [1.807, 2.05) is 0 Å². The average molecular weight is 209 g/mol. The standard InChI is InChI=1S/C11H12FNO2/c1-2-7(11(14)15)5-8-3-4-9(13)6-10(8)12/h3-6H,2,13H2,1H3,(H,14,15)/b7-5+. The Kier molecular flexibility index (Phi) is 3.44. The maximum Gasteiger partial charge on any atom is 0.331 e. The van der Waals surface area contributed by atoms with E-state index in [4.69, 9.17) is 10.8 Å². The van der Waals surface area contributed by atoms with Crippen LogP contribution in [0.4, 0.5) is 10.1 Å². The monoisotopic (exact) mass is 209 g/mol.